The Morgan fingerprint density at radius 1 is 1.11 bits per heavy atom. The molecule has 4 rings (SSSR count). The van der Waals surface area contributed by atoms with Crippen molar-refractivity contribution in [1.29, 1.82) is 0 Å². The minimum Gasteiger partial charge on any atom is -0.490 e. The number of fused-ring (bicyclic) bond motifs is 2. The van der Waals surface area contributed by atoms with Crippen LogP contribution >= 0.6 is 0 Å². The zero-order chi connectivity index (χ0) is 25.3. The number of nitrogens with zero attached hydrogens (tertiary/aromatic N) is 2. The average Bonchev–Trinajstić information content (AvgIpc) is 3.12. The second-order valence-corrected chi connectivity index (χ2v) is 9.97. The van der Waals surface area contributed by atoms with E-state index in [2.05, 4.69) is 0 Å². The summed E-state index contributed by atoms with van der Waals surface area (Å²) in [5.74, 6) is -0.0709. The summed E-state index contributed by atoms with van der Waals surface area (Å²) in [7, 11) is -1.26. The van der Waals surface area contributed by atoms with Crippen LogP contribution in [0.2, 0.25) is 0 Å². The Morgan fingerprint density at radius 2 is 1.80 bits per heavy atom. The minimum atomic E-state index is -4.07. The van der Waals surface area contributed by atoms with E-state index in [0.717, 1.165) is 5.56 Å². The Hall–Kier alpha value is -3.31. The smallest absolute Gasteiger partial charge is 0.419 e. The summed E-state index contributed by atoms with van der Waals surface area (Å²) in [6, 6.07) is 7.08. The monoisotopic (exact) mass is 504 g/mol. The van der Waals surface area contributed by atoms with Crippen molar-refractivity contribution in [2.24, 2.45) is 7.05 Å². The maximum absolute atomic E-state index is 13.8. The number of hydrogen-bond donors (Lipinski definition) is 0. The molecule has 2 aromatic carbocycles. The second-order valence-electron chi connectivity index (χ2n) is 8.08. The molecule has 0 unspecified atom stereocenters. The van der Waals surface area contributed by atoms with E-state index >= 15 is 0 Å². The van der Waals surface area contributed by atoms with Crippen LogP contribution in [0.3, 0.4) is 0 Å². The molecule has 0 N–H and O–H groups in total. The van der Waals surface area contributed by atoms with Gasteiger partial charge < -0.3 is 18.6 Å². The van der Waals surface area contributed by atoms with Gasteiger partial charge in [-0.25, -0.2) is 13.2 Å². The van der Waals surface area contributed by atoms with Crippen LogP contribution in [-0.2, 0) is 33.0 Å². The number of methoxy groups -OCH3 is 1. The number of ether oxygens (including phenoxy) is 3. The highest BCUT2D eigenvalue weighted by Crippen LogP contribution is 2.42. The largest absolute Gasteiger partial charge is 0.490 e. The van der Waals surface area contributed by atoms with Crippen LogP contribution in [-0.4, -0.2) is 50.1 Å². The number of carbonyl (C=O) groups excluding carboxylic acids is 1. The van der Waals surface area contributed by atoms with Gasteiger partial charge >= 0.3 is 11.7 Å². The van der Waals surface area contributed by atoms with Crippen molar-refractivity contribution in [3.8, 4) is 11.5 Å². The predicted octanol–water partition coefficient (Wildman–Crippen LogP) is 2.78. The number of carbonyl (C=O) groups is 1. The molecule has 1 aromatic heterocycles. The first-order valence-electron chi connectivity index (χ1n) is 11.3. The van der Waals surface area contributed by atoms with E-state index in [1.54, 1.807) is 13.1 Å². The number of benzene rings is 2. The lowest BCUT2D eigenvalue weighted by atomic mass is 9.91. The molecule has 1 aliphatic rings. The third kappa shape index (κ3) is 4.53. The number of aromatic nitrogens is 1. The Labute approximate surface area is 203 Å². The standard InChI is InChI=1S/C24H28N2O8S/c1-5-32-21-11-15-9-10-26(19(14-23(27)31-4)17(15)13-22(21)33-6-2)35(29,30)16-7-8-18-20(12-16)34-24(28)25(18)3/h7-8,11-13,19H,5-6,9-10,14H2,1-4H3/t19-/m0/s1. The molecule has 0 amide bonds. The van der Waals surface area contributed by atoms with Gasteiger partial charge in [-0.15, -0.1) is 0 Å². The number of sulfonamides is 1. The molecule has 1 atom stereocenters. The molecule has 0 saturated carbocycles. The van der Waals surface area contributed by atoms with Gasteiger partial charge in [0.15, 0.2) is 17.1 Å². The molecule has 10 nitrogen and oxygen atoms in total. The predicted molar refractivity (Wildman–Crippen MR) is 127 cm³/mol. The van der Waals surface area contributed by atoms with Gasteiger partial charge in [0.05, 0.1) is 43.2 Å². The summed E-state index contributed by atoms with van der Waals surface area (Å²) in [6.07, 6.45) is 0.242. The third-order valence-electron chi connectivity index (χ3n) is 6.07. The fourth-order valence-electron chi connectivity index (χ4n) is 4.37. The molecule has 0 radical (unpaired) electrons. The van der Waals surface area contributed by atoms with Crippen LogP contribution < -0.4 is 15.2 Å². The van der Waals surface area contributed by atoms with Gasteiger partial charge in [0.2, 0.25) is 10.0 Å². The summed E-state index contributed by atoms with van der Waals surface area (Å²) in [5, 5.41) is 0. The summed E-state index contributed by atoms with van der Waals surface area (Å²) in [6.45, 7) is 4.70. The maximum Gasteiger partial charge on any atom is 0.419 e. The lowest BCUT2D eigenvalue weighted by Gasteiger charge is -2.36. The van der Waals surface area contributed by atoms with Crippen molar-refractivity contribution in [2.45, 2.75) is 37.6 Å². The molecule has 3 aromatic rings. The number of hydrogen-bond acceptors (Lipinski definition) is 8. The fourth-order valence-corrected chi connectivity index (χ4v) is 5.99. The molecule has 11 heteroatoms. The molecule has 188 valence electrons. The number of aryl methyl sites for hydroxylation is 1. The third-order valence-corrected chi connectivity index (χ3v) is 7.98. The normalized spacial score (nSPS) is 16.2. The highest BCUT2D eigenvalue weighted by atomic mass is 32.2. The lowest BCUT2D eigenvalue weighted by molar-refractivity contribution is -0.141. The van der Waals surface area contributed by atoms with E-state index in [1.165, 1.54) is 34.2 Å². The first kappa shape index (κ1) is 24.8. The van der Waals surface area contributed by atoms with Crippen LogP contribution in [0, 0.1) is 0 Å². The van der Waals surface area contributed by atoms with Crippen molar-refractivity contribution in [3.63, 3.8) is 0 Å². The number of oxazole rings is 1. The first-order valence-corrected chi connectivity index (χ1v) is 12.8. The summed E-state index contributed by atoms with van der Waals surface area (Å²) >= 11 is 0. The van der Waals surface area contributed by atoms with Crippen LogP contribution in [0.15, 0.2) is 44.4 Å². The van der Waals surface area contributed by atoms with Crippen molar-refractivity contribution in [1.82, 2.24) is 8.87 Å². The second kappa shape index (κ2) is 9.74. The molecule has 0 saturated heterocycles. The number of esters is 1. The molecule has 0 fully saturated rings. The van der Waals surface area contributed by atoms with E-state index in [-0.39, 0.29) is 23.4 Å². The van der Waals surface area contributed by atoms with E-state index in [1.807, 2.05) is 19.9 Å². The van der Waals surface area contributed by atoms with Gasteiger partial charge in [0.25, 0.3) is 0 Å². The number of rotatable bonds is 8. The molecular formula is C24H28N2O8S. The first-order chi connectivity index (χ1) is 16.7. The van der Waals surface area contributed by atoms with E-state index < -0.39 is 27.8 Å². The Balaban J connectivity index is 1.82. The zero-order valence-corrected chi connectivity index (χ0v) is 20.9. The van der Waals surface area contributed by atoms with Gasteiger partial charge in [0.1, 0.15) is 0 Å². The Bertz CT molecular complexity index is 1420. The molecule has 0 spiro atoms. The van der Waals surface area contributed by atoms with Gasteiger partial charge in [-0.2, -0.15) is 4.31 Å². The minimum absolute atomic E-state index is 0.0337. The van der Waals surface area contributed by atoms with E-state index in [0.29, 0.717) is 42.2 Å². The molecule has 1 aliphatic heterocycles. The quantitative estimate of drug-likeness (QED) is 0.430. The molecule has 0 aliphatic carbocycles. The van der Waals surface area contributed by atoms with E-state index in [9.17, 15) is 18.0 Å². The highest BCUT2D eigenvalue weighted by molar-refractivity contribution is 7.89. The van der Waals surface area contributed by atoms with Gasteiger partial charge in [0, 0.05) is 19.7 Å². The van der Waals surface area contributed by atoms with Crippen molar-refractivity contribution < 1.29 is 31.8 Å². The van der Waals surface area contributed by atoms with Gasteiger partial charge in [-0.05, 0) is 55.7 Å². The molecular weight excluding hydrogens is 476 g/mol. The summed E-state index contributed by atoms with van der Waals surface area (Å²) in [5.41, 5.74) is 2.18. The average molecular weight is 505 g/mol. The summed E-state index contributed by atoms with van der Waals surface area (Å²) in [4.78, 5) is 24.2. The molecule has 2 heterocycles. The molecule has 0 bridgehead atoms. The van der Waals surface area contributed by atoms with Crippen molar-refractivity contribution in [2.75, 3.05) is 26.9 Å². The Morgan fingerprint density at radius 3 is 2.46 bits per heavy atom. The highest BCUT2D eigenvalue weighted by Gasteiger charge is 2.39. The zero-order valence-electron chi connectivity index (χ0n) is 20.1. The van der Waals surface area contributed by atoms with Crippen molar-refractivity contribution >= 4 is 27.1 Å². The lowest BCUT2D eigenvalue weighted by Crippen LogP contribution is -2.41. The van der Waals surface area contributed by atoms with E-state index in [4.69, 9.17) is 18.6 Å². The van der Waals surface area contributed by atoms with Crippen LogP contribution in [0.25, 0.3) is 11.1 Å². The van der Waals surface area contributed by atoms with Crippen LogP contribution in [0.5, 0.6) is 11.5 Å². The SMILES string of the molecule is CCOc1cc2c(cc1OCC)[C@H](CC(=O)OC)N(S(=O)(=O)c1ccc3c(c1)oc(=O)n3C)CC2. The van der Waals surface area contributed by atoms with Gasteiger partial charge in [-0.1, -0.05) is 0 Å². The van der Waals surface area contributed by atoms with Crippen molar-refractivity contribution in [3.05, 3.63) is 52.0 Å². The fraction of sp³-hybridized carbons (Fsp3) is 0.417. The van der Waals surface area contributed by atoms with Gasteiger partial charge in [-0.3, -0.25) is 9.36 Å². The maximum atomic E-state index is 13.8. The Kier molecular flexibility index (Phi) is 6.91. The summed E-state index contributed by atoms with van der Waals surface area (Å²) < 4.78 is 51.7. The van der Waals surface area contributed by atoms with Crippen LogP contribution in [0.1, 0.15) is 37.4 Å². The van der Waals surface area contributed by atoms with Crippen LogP contribution in [0.4, 0.5) is 0 Å². The topological polar surface area (TPSA) is 117 Å². The molecule has 35 heavy (non-hydrogen) atoms.